The number of fused-ring (bicyclic) bond motifs is 5. The summed E-state index contributed by atoms with van der Waals surface area (Å²) in [5.74, 6) is -4.90. The molecule has 3 aromatic rings. The number of rotatable bonds is 5. The van der Waals surface area contributed by atoms with Crippen molar-refractivity contribution in [3.63, 3.8) is 0 Å². The zero-order valence-corrected chi connectivity index (χ0v) is 21.3. The molecule has 5 heterocycles. The van der Waals surface area contributed by atoms with E-state index in [0.29, 0.717) is 39.0 Å². The van der Waals surface area contributed by atoms with E-state index in [1.165, 1.54) is 10.6 Å². The fourth-order valence-electron chi connectivity index (χ4n) is 5.81. The Bertz CT molecular complexity index is 1650. The molecule has 0 bridgehead atoms. The first-order valence-corrected chi connectivity index (χ1v) is 12.6. The number of esters is 2. The molecule has 2 N–H and O–H groups in total. The summed E-state index contributed by atoms with van der Waals surface area (Å²) in [6.45, 7) is 1.91. The summed E-state index contributed by atoms with van der Waals surface area (Å²) in [6, 6.07) is 4.51. The van der Waals surface area contributed by atoms with Crippen molar-refractivity contribution in [2.24, 2.45) is 5.73 Å². The maximum Gasteiger partial charge on any atom is 0.355 e. The van der Waals surface area contributed by atoms with Crippen LogP contribution in [0.2, 0.25) is 0 Å². The first-order chi connectivity index (χ1) is 18.5. The molecular formula is C27H25F3N4O5. The third-order valence-electron chi connectivity index (χ3n) is 7.80. The van der Waals surface area contributed by atoms with Crippen molar-refractivity contribution in [2.45, 2.75) is 51.5 Å². The second-order valence-corrected chi connectivity index (χ2v) is 10.3. The molecule has 0 unspecified atom stereocenters. The highest BCUT2D eigenvalue weighted by Crippen LogP contribution is 2.43. The van der Waals surface area contributed by atoms with E-state index in [1.54, 1.807) is 30.9 Å². The number of nitrogens with zero attached hydrogens (tertiary/aromatic N) is 3. The molecule has 1 atom stereocenters. The number of alkyl halides is 2. The molecule has 0 saturated carbocycles. The molecule has 204 valence electrons. The lowest BCUT2D eigenvalue weighted by Crippen LogP contribution is -2.55. The van der Waals surface area contributed by atoms with E-state index in [0.717, 1.165) is 0 Å². The molecule has 1 fully saturated rings. The van der Waals surface area contributed by atoms with Gasteiger partial charge in [0.1, 0.15) is 12.4 Å². The van der Waals surface area contributed by atoms with Crippen LogP contribution in [0.5, 0.6) is 0 Å². The molecule has 3 aliphatic rings. The SMILES string of the molecule is CC[C@@]1(OC(=O)CN)C(=O)OCc2c1cc1n(c2=O)Cc2c-1nc1cc(F)c(C)cc1c2CN1CC(F)(F)C1. The number of hydrogen-bond donors (Lipinski definition) is 1. The van der Waals surface area contributed by atoms with Gasteiger partial charge in [0.2, 0.25) is 5.60 Å². The number of benzene rings is 1. The number of carbonyl (C=O) groups excluding carboxylic acids is 2. The van der Waals surface area contributed by atoms with Crippen molar-refractivity contribution < 1.29 is 32.2 Å². The number of carbonyl (C=O) groups is 2. The van der Waals surface area contributed by atoms with Crippen LogP contribution in [-0.4, -0.2) is 51.9 Å². The Hall–Kier alpha value is -3.77. The molecule has 0 aliphatic carbocycles. The van der Waals surface area contributed by atoms with E-state index in [9.17, 15) is 27.6 Å². The van der Waals surface area contributed by atoms with Crippen LogP contribution < -0.4 is 11.3 Å². The minimum absolute atomic E-state index is 0.00954. The number of hydrogen-bond acceptors (Lipinski definition) is 8. The molecule has 0 amide bonds. The first-order valence-electron chi connectivity index (χ1n) is 12.6. The largest absolute Gasteiger partial charge is 0.457 e. The van der Waals surface area contributed by atoms with Gasteiger partial charge in [-0.1, -0.05) is 6.92 Å². The molecule has 3 aliphatic heterocycles. The zero-order valence-electron chi connectivity index (χ0n) is 21.3. The summed E-state index contributed by atoms with van der Waals surface area (Å²) in [5, 5.41) is 0.617. The van der Waals surface area contributed by atoms with Gasteiger partial charge in [-0.3, -0.25) is 14.5 Å². The fraction of sp³-hybridized carbons (Fsp3) is 0.407. The average Bonchev–Trinajstić information content (AvgIpc) is 3.24. The molecule has 39 heavy (non-hydrogen) atoms. The van der Waals surface area contributed by atoms with E-state index < -0.39 is 54.5 Å². The van der Waals surface area contributed by atoms with Gasteiger partial charge in [-0.2, -0.15) is 0 Å². The predicted octanol–water partition coefficient (Wildman–Crippen LogP) is 2.49. The van der Waals surface area contributed by atoms with Gasteiger partial charge in [0, 0.05) is 29.1 Å². The number of pyridine rings is 2. The molecule has 9 nitrogen and oxygen atoms in total. The van der Waals surface area contributed by atoms with E-state index in [-0.39, 0.29) is 37.2 Å². The van der Waals surface area contributed by atoms with E-state index >= 15 is 0 Å². The van der Waals surface area contributed by atoms with Crippen molar-refractivity contribution in [2.75, 3.05) is 19.6 Å². The fourth-order valence-corrected chi connectivity index (χ4v) is 5.81. The summed E-state index contributed by atoms with van der Waals surface area (Å²) in [7, 11) is 0. The van der Waals surface area contributed by atoms with Crippen LogP contribution in [0.1, 0.15) is 41.2 Å². The third-order valence-corrected chi connectivity index (χ3v) is 7.80. The van der Waals surface area contributed by atoms with Gasteiger partial charge in [-0.15, -0.1) is 0 Å². The Morgan fingerprint density at radius 3 is 2.62 bits per heavy atom. The number of ether oxygens (including phenoxy) is 2. The van der Waals surface area contributed by atoms with E-state index in [4.69, 9.17) is 15.2 Å². The molecule has 0 radical (unpaired) electrons. The number of aromatic nitrogens is 2. The predicted molar refractivity (Wildman–Crippen MR) is 132 cm³/mol. The average molecular weight is 543 g/mol. The summed E-state index contributed by atoms with van der Waals surface area (Å²) in [5.41, 5.74) is 6.21. The van der Waals surface area contributed by atoms with Gasteiger partial charge >= 0.3 is 11.9 Å². The Morgan fingerprint density at radius 1 is 1.21 bits per heavy atom. The van der Waals surface area contributed by atoms with Crippen LogP contribution in [0, 0.1) is 12.7 Å². The Balaban J connectivity index is 1.57. The van der Waals surface area contributed by atoms with E-state index in [1.807, 2.05) is 0 Å². The summed E-state index contributed by atoms with van der Waals surface area (Å²) < 4.78 is 54.2. The summed E-state index contributed by atoms with van der Waals surface area (Å²) in [6.07, 6.45) is -0.00954. The van der Waals surface area contributed by atoms with Crippen LogP contribution in [0.3, 0.4) is 0 Å². The first kappa shape index (κ1) is 25.5. The number of likely N-dealkylation sites (tertiary alicyclic amines) is 1. The van der Waals surface area contributed by atoms with Crippen LogP contribution in [0.15, 0.2) is 23.0 Å². The molecular weight excluding hydrogens is 517 g/mol. The van der Waals surface area contributed by atoms with Crippen LogP contribution in [0.25, 0.3) is 22.3 Å². The Morgan fingerprint density at radius 2 is 1.95 bits per heavy atom. The highest BCUT2D eigenvalue weighted by molar-refractivity contribution is 5.90. The Kier molecular flexibility index (Phi) is 5.64. The molecule has 12 heteroatoms. The lowest BCUT2D eigenvalue weighted by atomic mass is 9.85. The van der Waals surface area contributed by atoms with Crippen molar-refractivity contribution >= 4 is 22.8 Å². The minimum Gasteiger partial charge on any atom is -0.457 e. The maximum absolute atomic E-state index is 14.6. The number of halogens is 3. The van der Waals surface area contributed by atoms with Gasteiger partial charge in [-0.05, 0) is 36.6 Å². The number of cyclic esters (lactones) is 1. The standard InChI is InChI=1S/C27H25F3N4O5/c1-3-27(39-22(35)7-31)18-5-21-23-16(9-34(21)24(36)17(18)10-38-25(27)37)15(8-33-11-26(29,30)12-33)14-4-13(2)19(28)6-20(14)32-23/h4-6H,3,7-12,31H2,1-2H3/t27-/m0/s1. The van der Waals surface area contributed by atoms with Crippen LogP contribution >= 0.6 is 0 Å². The molecule has 0 spiro atoms. The topological polar surface area (TPSA) is 117 Å². The third kappa shape index (κ3) is 3.76. The minimum atomic E-state index is -2.77. The maximum atomic E-state index is 14.6. The van der Waals surface area contributed by atoms with Gasteiger partial charge in [0.25, 0.3) is 11.5 Å². The van der Waals surface area contributed by atoms with Crippen molar-refractivity contribution in [1.82, 2.24) is 14.5 Å². The van der Waals surface area contributed by atoms with Crippen molar-refractivity contribution in [1.29, 1.82) is 0 Å². The molecule has 1 aromatic carbocycles. The number of nitrogens with two attached hydrogens (primary N) is 1. The monoisotopic (exact) mass is 542 g/mol. The van der Waals surface area contributed by atoms with Gasteiger partial charge in [0.15, 0.2) is 0 Å². The summed E-state index contributed by atoms with van der Waals surface area (Å²) >= 11 is 0. The van der Waals surface area contributed by atoms with Gasteiger partial charge < -0.3 is 19.8 Å². The smallest absolute Gasteiger partial charge is 0.355 e. The quantitative estimate of drug-likeness (QED) is 0.383. The molecule has 6 rings (SSSR count). The van der Waals surface area contributed by atoms with Crippen LogP contribution in [-0.2, 0) is 44.4 Å². The number of aryl methyl sites for hydroxylation is 1. The lowest BCUT2D eigenvalue weighted by Gasteiger charge is -2.39. The van der Waals surface area contributed by atoms with Crippen LogP contribution in [0.4, 0.5) is 13.2 Å². The van der Waals surface area contributed by atoms with E-state index in [2.05, 4.69) is 4.98 Å². The van der Waals surface area contributed by atoms with Crippen molar-refractivity contribution in [3.8, 4) is 11.4 Å². The second-order valence-electron chi connectivity index (χ2n) is 10.3. The highest BCUT2D eigenvalue weighted by atomic mass is 19.3. The van der Waals surface area contributed by atoms with Crippen molar-refractivity contribution in [3.05, 3.63) is 62.2 Å². The normalized spacial score (nSPS) is 21.1. The zero-order chi connectivity index (χ0) is 27.9. The van der Waals surface area contributed by atoms with Gasteiger partial charge in [0.05, 0.1) is 48.6 Å². The highest BCUT2D eigenvalue weighted by Gasteiger charge is 2.50. The Labute approximate surface area is 220 Å². The molecule has 1 saturated heterocycles. The second kappa shape index (κ2) is 8.62. The molecule has 2 aromatic heterocycles. The van der Waals surface area contributed by atoms with Gasteiger partial charge in [-0.25, -0.2) is 22.9 Å². The lowest BCUT2D eigenvalue weighted by molar-refractivity contribution is -0.188. The summed E-state index contributed by atoms with van der Waals surface area (Å²) in [4.78, 5) is 45.2.